The second-order valence-corrected chi connectivity index (χ2v) is 4.65. The molecule has 0 heterocycles. The molecule has 0 atom stereocenters. The van der Waals surface area contributed by atoms with Crippen LogP contribution in [-0.4, -0.2) is 48.9 Å². The first-order valence-electron chi connectivity index (χ1n) is 5.61. The Morgan fingerprint density at radius 2 is 1.76 bits per heavy atom. The van der Waals surface area contributed by atoms with Gasteiger partial charge in [0, 0.05) is 25.2 Å². The van der Waals surface area contributed by atoms with Gasteiger partial charge in [0.1, 0.15) is 0 Å². The van der Waals surface area contributed by atoms with Crippen LogP contribution in [0.25, 0.3) is 0 Å². The molecular weight excluding hydrogens is 244 g/mol. The lowest BCUT2D eigenvalue weighted by Crippen LogP contribution is -2.07. The number of methoxy groups -OCH3 is 1. The van der Waals surface area contributed by atoms with Gasteiger partial charge in [0.25, 0.3) is 0 Å². The van der Waals surface area contributed by atoms with Crippen molar-refractivity contribution in [2.24, 2.45) is 0 Å². The van der Waals surface area contributed by atoms with E-state index in [0.29, 0.717) is 31.1 Å². The van der Waals surface area contributed by atoms with E-state index in [1.807, 2.05) is 0 Å². The molecule has 0 amide bonds. The third-order valence-electron chi connectivity index (χ3n) is 1.92. The van der Waals surface area contributed by atoms with Crippen molar-refractivity contribution in [3.63, 3.8) is 0 Å². The molecule has 0 saturated carbocycles. The van der Waals surface area contributed by atoms with E-state index >= 15 is 0 Å². The summed E-state index contributed by atoms with van der Waals surface area (Å²) in [4.78, 5) is 21.4. The van der Waals surface area contributed by atoms with Gasteiger partial charge in [-0.2, -0.15) is 11.8 Å². The number of rotatable bonds is 11. The highest BCUT2D eigenvalue weighted by Gasteiger charge is 2.03. The number of ether oxygens (including phenoxy) is 2. The number of esters is 1. The van der Waals surface area contributed by atoms with Gasteiger partial charge in [-0.1, -0.05) is 0 Å². The molecule has 0 aromatic rings. The van der Waals surface area contributed by atoms with E-state index in [2.05, 4.69) is 0 Å². The van der Waals surface area contributed by atoms with Gasteiger partial charge in [-0.15, -0.1) is 0 Å². The maximum atomic E-state index is 11.2. The van der Waals surface area contributed by atoms with Gasteiger partial charge in [-0.25, -0.2) is 0 Å². The predicted molar refractivity (Wildman–Crippen MR) is 66.3 cm³/mol. The largest absolute Gasteiger partial charge is 0.481 e. The number of thioether (sulfide) groups is 1. The van der Waals surface area contributed by atoms with E-state index in [1.54, 1.807) is 7.11 Å². The van der Waals surface area contributed by atoms with Gasteiger partial charge in [0.2, 0.25) is 0 Å². The molecule has 0 rings (SSSR count). The normalized spacial score (nSPS) is 10.2. The summed E-state index contributed by atoms with van der Waals surface area (Å²) in [5, 5.41) is 8.39. The zero-order valence-corrected chi connectivity index (χ0v) is 11.0. The highest BCUT2D eigenvalue weighted by molar-refractivity contribution is 7.99. The van der Waals surface area contributed by atoms with Crippen LogP contribution >= 0.6 is 11.8 Å². The Balaban J connectivity index is 3.20. The molecule has 100 valence electrons. The fourth-order valence-electron chi connectivity index (χ4n) is 1.02. The van der Waals surface area contributed by atoms with Crippen LogP contribution in [-0.2, 0) is 19.1 Å². The SMILES string of the molecule is COCCCCOC(=O)CCSCCC(=O)O. The Kier molecular flexibility index (Phi) is 11.2. The Morgan fingerprint density at radius 3 is 2.41 bits per heavy atom. The van der Waals surface area contributed by atoms with Gasteiger partial charge in [-0.3, -0.25) is 9.59 Å². The molecule has 0 bridgehead atoms. The zero-order chi connectivity index (χ0) is 12.9. The van der Waals surface area contributed by atoms with Crippen LogP contribution in [0.4, 0.5) is 0 Å². The van der Waals surface area contributed by atoms with Crippen LogP contribution in [0.5, 0.6) is 0 Å². The molecule has 0 unspecified atom stereocenters. The quantitative estimate of drug-likeness (QED) is 0.451. The van der Waals surface area contributed by atoms with Crippen molar-refractivity contribution in [3.8, 4) is 0 Å². The van der Waals surface area contributed by atoms with Crippen molar-refractivity contribution < 1.29 is 24.2 Å². The van der Waals surface area contributed by atoms with Crippen LogP contribution < -0.4 is 0 Å². The molecule has 0 aliphatic rings. The van der Waals surface area contributed by atoms with Crippen LogP contribution in [0.15, 0.2) is 0 Å². The van der Waals surface area contributed by atoms with Crippen molar-refractivity contribution in [2.75, 3.05) is 31.8 Å². The molecule has 0 aliphatic carbocycles. The minimum atomic E-state index is -0.807. The summed E-state index contributed by atoms with van der Waals surface area (Å²) < 4.78 is 9.86. The Bertz CT molecular complexity index is 220. The number of unbranched alkanes of at least 4 members (excludes halogenated alkanes) is 1. The van der Waals surface area contributed by atoms with Crippen LogP contribution in [0.2, 0.25) is 0 Å². The van der Waals surface area contributed by atoms with Crippen molar-refractivity contribution in [1.29, 1.82) is 0 Å². The molecule has 0 spiro atoms. The summed E-state index contributed by atoms with van der Waals surface area (Å²) in [6, 6.07) is 0. The molecule has 5 nitrogen and oxygen atoms in total. The van der Waals surface area contributed by atoms with Crippen LogP contribution in [0, 0.1) is 0 Å². The summed E-state index contributed by atoms with van der Waals surface area (Å²) in [6.45, 7) is 1.12. The van der Waals surface area contributed by atoms with E-state index in [-0.39, 0.29) is 12.4 Å². The number of hydrogen-bond acceptors (Lipinski definition) is 5. The van der Waals surface area contributed by atoms with Gasteiger partial charge in [0.15, 0.2) is 0 Å². The van der Waals surface area contributed by atoms with Crippen LogP contribution in [0.3, 0.4) is 0 Å². The van der Waals surface area contributed by atoms with E-state index in [9.17, 15) is 9.59 Å². The summed E-state index contributed by atoms with van der Waals surface area (Å²) in [6.07, 6.45) is 2.17. The highest BCUT2D eigenvalue weighted by Crippen LogP contribution is 2.05. The number of carboxylic acid groups (broad SMARTS) is 1. The number of carbonyl (C=O) groups is 2. The first-order valence-corrected chi connectivity index (χ1v) is 6.76. The summed E-state index contributed by atoms with van der Waals surface area (Å²) >= 11 is 1.46. The fraction of sp³-hybridized carbons (Fsp3) is 0.818. The summed E-state index contributed by atoms with van der Waals surface area (Å²) in [7, 11) is 1.64. The van der Waals surface area contributed by atoms with E-state index in [1.165, 1.54) is 11.8 Å². The lowest BCUT2D eigenvalue weighted by Gasteiger charge is -2.04. The second kappa shape index (κ2) is 11.7. The zero-order valence-electron chi connectivity index (χ0n) is 10.1. The maximum Gasteiger partial charge on any atom is 0.306 e. The molecule has 6 heteroatoms. The highest BCUT2D eigenvalue weighted by atomic mass is 32.2. The number of carbonyl (C=O) groups excluding carboxylic acids is 1. The first kappa shape index (κ1) is 16.2. The number of hydrogen-bond donors (Lipinski definition) is 1. The molecule has 0 aromatic heterocycles. The van der Waals surface area contributed by atoms with E-state index in [0.717, 1.165) is 12.8 Å². The lowest BCUT2D eigenvalue weighted by molar-refractivity contribution is -0.143. The third-order valence-corrected chi connectivity index (χ3v) is 2.90. The molecule has 17 heavy (non-hydrogen) atoms. The standard InChI is InChI=1S/C11H20O5S/c1-15-6-2-3-7-16-11(14)5-9-17-8-4-10(12)13/h2-9H2,1H3,(H,12,13). The second-order valence-electron chi connectivity index (χ2n) is 3.43. The van der Waals surface area contributed by atoms with Crippen molar-refractivity contribution in [2.45, 2.75) is 25.7 Å². The average Bonchev–Trinajstić information content (AvgIpc) is 2.28. The predicted octanol–water partition coefficient (Wildman–Crippen LogP) is 1.55. The minimum Gasteiger partial charge on any atom is -0.481 e. The molecule has 0 radical (unpaired) electrons. The molecule has 0 fully saturated rings. The van der Waals surface area contributed by atoms with Gasteiger partial charge in [0.05, 0.1) is 19.4 Å². The van der Waals surface area contributed by atoms with E-state index < -0.39 is 5.97 Å². The molecular formula is C11H20O5S. The Morgan fingerprint density at radius 1 is 1.12 bits per heavy atom. The van der Waals surface area contributed by atoms with Gasteiger partial charge < -0.3 is 14.6 Å². The topological polar surface area (TPSA) is 72.8 Å². The maximum absolute atomic E-state index is 11.2. The fourth-order valence-corrected chi connectivity index (χ4v) is 1.86. The number of carboxylic acids is 1. The summed E-state index contributed by atoms with van der Waals surface area (Å²) in [5.74, 6) is 0.129. The average molecular weight is 264 g/mol. The van der Waals surface area contributed by atoms with Gasteiger partial charge in [-0.05, 0) is 12.8 Å². The molecule has 0 aromatic carbocycles. The van der Waals surface area contributed by atoms with Crippen molar-refractivity contribution in [1.82, 2.24) is 0 Å². The van der Waals surface area contributed by atoms with E-state index in [4.69, 9.17) is 14.6 Å². The van der Waals surface area contributed by atoms with Crippen LogP contribution in [0.1, 0.15) is 25.7 Å². The lowest BCUT2D eigenvalue weighted by atomic mass is 10.3. The number of aliphatic carboxylic acids is 1. The first-order chi connectivity index (χ1) is 8.16. The Hall–Kier alpha value is -0.750. The molecule has 0 aliphatic heterocycles. The third kappa shape index (κ3) is 13.2. The van der Waals surface area contributed by atoms with Gasteiger partial charge >= 0.3 is 11.9 Å². The van der Waals surface area contributed by atoms with Crippen molar-refractivity contribution >= 4 is 23.7 Å². The molecule has 1 N–H and O–H groups in total. The molecule has 0 saturated heterocycles. The van der Waals surface area contributed by atoms with Crippen molar-refractivity contribution in [3.05, 3.63) is 0 Å². The monoisotopic (exact) mass is 264 g/mol. The summed E-state index contributed by atoms with van der Waals surface area (Å²) in [5.41, 5.74) is 0. The minimum absolute atomic E-state index is 0.136. The smallest absolute Gasteiger partial charge is 0.306 e. The Labute approximate surface area is 106 Å².